The zero-order valence-electron chi connectivity index (χ0n) is 16.4. The molecule has 0 saturated heterocycles. The molecule has 2 amide bonds. The summed E-state index contributed by atoms with van der Waals surface area (Å²) in [6.45, 7) is 0. The molecule has 1 unspecified atom stereocenters. The monoisotopic (exact) mass is 404 g/mol. The summed E-state index contributed by atoms with van der Waals surface area (Å²) < 4.78 is 10.2. The highest BCUT2D eigenvalue weighted by atomic mass is 16.5. The van der Waals surface area contributed by atoms with Gasteiger partial charge in [0.25, 0.3) is 0 Å². The molecule has 1 atom stereocenters. The van der Waals surface area contributed by atoms with Gasteiger partial charge in [0.1, 0.15) is 11.5 Å². The van der Waals surface area contributed by atoms with E-state index >= 15 is 0 Å². The maximum Gasteiger partial charge on any atom is 0.338 e. The summed E-state index contributed by atoms with van der Waals surface area (Å²) in [7, 11) is 2.83. The third kappa shape index (κ3) is 3.30. The van der Waals surface area contributed by atoms with Crippen molar-refractivity contribution in [2.45, 2.75) is 6.04 Å². The fourth-order valence-electron chi connectivity index (χ4n) is 3.68. The molecule has 0 bridgehead atoms. The highest BCUT2D eigenvalue weighted by molar-refractivity contribution is 6.06. The van der Waals surface area contributed by atoms with Crippen LogP contribution in [0.3, 0.4) is 0 Å². The number of phenols is 1. The van der Waals surface area contributed by atoms with Crippen molar-refractivity contribution in [1.29, 1.82) is 0 Å². The van der Waals surface area contributed by atoms with Crippen molar-refractivity contribution in [2.75, 3.05) is 14.2 Å². The predicted octanol–water partition coefficient (Wildman–Crippen LogP) is 3.49. The fourth-order valence-corrected chi connectivity index (χ4v) is 3.68. The summed E-state index contributed by atoms with van der Waals surface area (Å²) in [4.78, 5) is 25.4. The van der Waals surface area contributed by atoms with E-state index < -0.39 is 18.0 Å². The van der Waals surface area contributed by atoms with E-state index in [1.807, 2.05) is 24.3 Å². The molecule has 1 heterocycles. The number of aromatic hydroxyl groups is 1. The lowest BCUT2D eigenvalue weighted by Gasteiger charge is -2.30. The van der Waals surface area contributed by atoms with Crippen molar-refractivity contribution in [3.63, 3.8) is 0 Å². The molecule has 0 aromatic heterocycles. The number of esters is 1. The molecule has 1 aliphatic heterocycles. The number of hydrogen-bond donors (Lipinski definition) is 3. The summed E-state index contributed by atoms with van der Waals surface area (Å²) in [5.41, 5.74) is 1.53. The molecule has 0 radical (unpaired) electrons. The Balaban J connectivity index is 1.98. The van der Waals surface area contributed by atoms with Crippen LogP contribution in [0, 0.1) is 0 Å². The maximum absolute atomic E-state index is 12.8. The van der Waals surface area contributed by atoms with Gasteiger partial charge in [0.2, 0.25) is 0 Å². The summed E-state index contributed by atoms with van der Waals surface area (Å²) in [6.07, 6.45) is 0. The van der Waals surface area contributed by atoms with Crippen LogP contribution in [-0.4, -0.2) is 31.3 Å². The molecule has 7 nitrogen and oxygen atoms in total. The molecule has 7 heteroatoms. The second-order valence-electron chi connectivity index (χ2n) is 6.76. The molecule has 0 saturated carbocycles. The summed E-state index contributed by atoms with van der Waals surface area (Å²) in [5, 5.41) is 17.7. The Morgan fingerprint density at radius 2 is 1.73 bits per heavy atom. The van der Waals surface area contributed by atoms with E-state index in [-0.39, 0.29) is 11.3 Å². The third-order valence-electron chi connectivity index (χ3n) is 5.09. The Kier molecular flexibility index (Phi) is 5.02. The summed E-state index contributed by atoms with van der Waals surface area (Å²) >= 11 is 0. The van der Waals surface area contributed by atoms with Gasteiger partial charge in [0, 0.05) is 5.56 Å². The molecule has 0 aliphatic carbocycles. The van der Waals surface area contributed by atoms with Crippen LogP contribution in [0.5, 0.6) is 11.5 Å². The number of amides is 2. The number of benzene rings is 3. The Morgan fingerprint density at radius 3 is 2.43 bits per heavy atom. The number of rotatable bonds is 4. The van der Waals surface area contributed by atoms with E-state index in [1.54, 1.807) is 43.5 Å². The first kappa shape index (κ1) is 19.3. The molecular formula is C23H20N2O5. The smallest absolute Gasteiger partial charge is 0.338 e. The fraction of sp³-hybridized carbons (Fsp3) is 0.130. The highest BCUT2D eigenvalue weighted by Crippen LogP contribution is 2.39. The van der Waals surface area contributed by atoms with Crippen molar-refractivity contribution in [3.05, 3.63) is 77.4 Å². The minimum Gasteiger partial charge on any atom is -0.508 e. The van der Waals surface area contributed by atoms with Crippen molar-refractivity contribution in [1.82, 2.24) is 10.6 Å². The van der Waals surface area contributed by atoms with Gasteiger partial charge in [-0.2, -0.15) is 0 Å². The molecule has 30 heavy (non-hydrogen) atoms. The highest BCUT2D eigenvalue weighted by Gasteiger charge is 2.36. The minimum absolute atomic E-state index is 0.0311. The minimum atomic E-state index is -0.908. The lowest BCUT2D eigenvalue weighted by atomic mass is 9.89. The Labute approximate surface area is 172 Å². The van der Waals surface area contributed by atoms with Gasteiger partial charge < -0.3 is 25.2 Å². The van der Waals surface area contributed by atoms with Crippen LogP contribution in [0.1, 0.15) is 17.2 Å². The van der Waals surface area contributed by atoms with Crippen molar-refractivity contribution in [3.8, 4) is 11.5 Å². The predicted molar refractivity (Wildman–Crippen MR) is 112 cm³/mol. The van der Waals surface area contributed by atoms with Gasteiger partial charge in [0.05, 0.1) is 31.5 Å². The topological polar surface area (TPSA) is 96.9 Å². The van der Waals surface area contributed by atoms with Crippen molar-refractivity contribution in [2.24, 2.45) is 0 Å². The lowest BCUT2D eigenvalue weighted by Crippen LogP contribution is -2.45. The number of hydrogen-bond acceptors (Lipinski definition) is 5. The standard InChI is InChI=1S/C23H20N2O5/c1-29-15-10-7-14(8-11-15)20-19(22(27)30-2)21(25-23(28)24-20)18-16-6-4-3-5-13(16)9-12-17(18)26/h3-12,21,26H,1-2H3,(H2,24,25,28). The summed E-state index contributed by atoms with van der Waals surface area (Å²) in [5.74, 6) is -0.00971. The molecule has 4 rings (SSSR count). The van der Waals surface area contributed by atoms with Gasteiger partial charge in [0.15, 0.2) is 0 Å². The Morgan fingerprint density at radius 1 is 1.00 bits per heavy atom. The van der Waals surface area contributed by atoms with Crippen LogP contribution in [0.25, 0.3) is 16.5 Å². The third-order valence-corrected chi connectivity index (χ3v) is 5.09. The number of urea groups is 1. The van der Waals surface area contributed by atoms with Gasteiger partial charge in [-0.1, -0.05) is 30.3 Å². The first-order valence-electron chi connectivity index (χ1n) is 9.28. The van der Waals surface area contributed by atoms with Gasteiger partial charge in [-0.25, -0.2) is 9.59 Å². The molecule has 3 N–H and O–H groups in total. The summed E-state index contributed by atoms with van der Waals surface area (Å²) in [6, 6.07) is 16.3. The van der Waals surface area contributed by atoms with Gasteiger partial charge in [-0.15, -0.1) is 0 Å². The van der Waals surface area contributed by atoms with E-state index in [4.69, 9.17) is 9.47 Å². The zero-order valence-corrected chi connectivity index (χ0v) is 16.4. The van der Waals surface area contributed by atoms with Crippen LogP contribution in [0.2, 0.25) is 0 Å². The molecule has 152 valence electrons. The molecule has 0 spiro atoms. The zero-order chi connectivity index (χ0) is 21.3. The number of fused-ring (bicyclic) bond motifs is 1. The maximum atomic E-state index is 12.8. The van der Waals surface area contributed by atoms with Gasteiger partial charge in [-0.3, -0.25) is 0 Å². The van der Waals surface area contributed by atoms with Gasteiger partial charge >= 0.3 is 12.0 Å². The Bertz CT molecular complexity index is 1170. The van der Waals surface area contributed by atoms with Crippen molar-refractivity contribution >= 4 is 28.5 Å². The number of nitrogens with one attached hydrogen (secondary N) is 2. The first-order chi connectivity index (χ1) is 14.5. The normalized spacial score (nSPS) is 16.1. The second-order valence-corrected chi connectivity index (χ2v) is 6.76. The molecule has 0 fully saturated rings. The van der Waals surface area contributed by atoms with Gasteiger partial charge in [-0.05, 0) is 46.7 Å². The SMILES string of the molecule is COC(=O)C1=C(c2ccc(OC)cc2)NC(=O)NC1c1c(O)ccc2ccccc12. The van der Waals surface area contributed by atoms with Crippen LogP contribution in [0.15, 0.2) is 66.2 Å². The molecule has 3 aromatic rings. The quantitative estimate of drug-likeness (QED) is 0.579. The van der Waals surface area contributed by atoms with Crippen LogP contribution >= 0.6 is 0 Å². The molecule has 1 aliphatic rings. The van der Waals surface area contributed by atoms with E-state index in [0.29, 0.717) is 22.6 Å². The molecular weight excluding hydrogens is 384 g/mol. The van der Waals surface area contributed by atoms with Crippen molar-refractivity contribution < 1.29 is 24.2 Å². The molecule has 3 aromatic carbocycles. The largest absolute Gasteiger partial charge is 0.508 e. The number of methoxy groups -OCH3 is 2. The number of phenolic OH excluding ortho intramolecular Hbond substituents is 1. The first-order valence-corrected chi connectivity index (χ1v) is 9.28. The number of carbonyl (C=O) groups is 2. The van der Waals surface area contributed by atoms with Crippen LogP contribution < -0.4 is 15.4 Å². The van der Waals surface area contributed by atoms with E-state index in [2.05, 4.69) is 10.6 Å². The average molecular weight is 404 g/mol. The van der Waals surface area contributed by atoms with E-state index in [0.717, 1.165) is 10.8 Å². The number of ether oxygens (including phenoxy) is 2. The lowest BCUT2D eigenvalue weighted by molar-refractivity contribution is -0.136. The number of carbonyl (C=O) groups excluding carboxylic acids is 2. The average Bonchev–Trinajstić information content (AvgIpc) is 2.78. The van der Waals surface area contributed by atoms with Crippen LogP contribution in [0.4, 0.5) is 4.79 Å². The van der Waals surface area contributed by atoms with E-state index in [1.165, 1.54) is 7.11 Å². The second kappa shape index (κ2) is 7.79. The van der Waals surface area contributed by atoms with Crippen LogP contribution in [-0.2, 0) is 9.53 Å². The van der Waals surface area contributed by atoms with E-state index in [9.17, 15) is 14.7 Å². The Hall–Kier alpha value is -4.00.